The van der Waals surface area contributed by atoms with Gasteiger partial charge < -0.3 is 10.2 Å². The first-order valence-electron chi connectivity index (χ1n) is 8.35. The summed E-state index contributed by atoms with van der Waals surface area (Å²) < 4.78 is 40.5. The fraction of sp³-hybridized carbons (Fsp3) is 0.300. The third-order valence-electron chi connectivity index (χ3n) is 3.83. The topological polar surface area (TPSA) is 15.3 Å². The van der Waals surface area contributed by atoms with Gasteiger partial charge in [-0.1, -0.05) is 51.8 Å². The molecule has 0 radical (unpaired) electrons. The lowest BCUT2D eigenvalue weighted by Gasteiger charge is -2.13. The molecule has 0 saturated carbocycles. The van der Waals surface area contributed by atoms with E-state index in [1.807, 2.05) is 19.0 Å². The van der Waals surface area contributed by atoms with Gasteiger partial charge in [0.05, 0.1) is 5.56 Å². The van der Waals surface area contributed by atoms with Crippen LogP contribution in [0.15, 0.2) is 40.9 Å². The van der Waals surface area contributed by atoms with E-state index in [1.165, 1.54) is 6.07 Å². The van der Waals surface area contributed by atoms with Crippen LogP contribution in [-0.2, 0) is 12.7 Å². The first-order chi connectivity index (χ1) is 12.6. The Balaban J connectivity index is 2.23. The Morgan fingerprint density at radius 2 is 1.85 bits per heavy atom. The van der Waals surface area contributed by atoms with Crippen molar-refractivity contribution < 1.29 is 13.2 Å². The molecule has 0 bridgehead atoms. The first-order valence-corrected chi connectivity index (χ1v) is 9.52. The summed E-state index contributed by atoms with van der Waals surface area (Å²) in [5, 5.41) is 3.76. The summed E-state index contributed by atoms with van der Waals surface area (Å²) >= 11 is 9.32. The lowest BCUT2D eigenvalue weighted by molar-refractivity contribution is -0.137. The summed E-state index contributed by atoms with van der Waals surface area (Å²) in [6.07, 6.45) is -0.950. The molecule has 27 heavy (non-hydrogen) atoms. The van der Waals surface area contributed by atoms with Gasteiger partial charge in [0.25, 0.3) is 0 Å². The van der Waals surface area contributed by atoms with E-state index in [-0.39, 0.29) is 0 Å². The van der Waals surface area contributed by atoms with E-state index in [1.54, 1.807) is 36.4 Å². The van der Waals surface area contributed by atoms with Crippen molar-refractivity contribution in [1.29, 1.82) is 0 Å². The van der Waals surface area contributed by atoms with Crippen LogP contribution in [-0.4, -0.2) is 32.1 Å². The fourth-order valence-corrected chi connectivity index (χ4v) is 3.25. The summed E-state index contributed by atoms with van der Waals surface area (Å²) in [7, 11) is 3.90. The number of benzene rings is 2. The van der Waals surface area contributed by atoms with Crippen molar-refractivity contribution >= 4 is 39.7 Å². The number of nitrogens with one attached hydrogen (secondary N) is 1. The highest BCUT2D eigenvalue weighted by Crippen LogP contribution is 2.31. The predicted octanol–water partition coefficient (Wildman–Crippen LogP) is 5.94. The van der Waals surface area contributed by atoms with Crippen LogP contribution < -0.4 is 5.32 Å². The molecule has 2 aromatic rings. The van der Waals surface area contributed by atoms with E-state index in [9.17, 15) is 13.2 Å². The lowest BCUT2D eigenvalue weighted by Crippen LogP contribution is -2.26. The summed E-state index contributed by atoms with van der Waals surface area (Å²) in [6.45, 7) is 1.89. The van der Waals surface area contributed by atoms with Crippen LogP contribution in [0.4, 0.5) is 13.2 Å². The van der Waals surface area contributed by atoms with E-state index in [0.717, 1.165) is 22.6 Å². The number of halogens is 5. The third-order valence-corrected chi connectivity index (χ3v) is 4.75. The highest BCUT2D eigenvalue weighted by molar-refractivity contribution is 9.10. The molecule has 0 aliphatic rings. The van der Waals surface area contributed by atoms with Gasteiger partial charge in [-0.05, 0) is 55.1 Å². The van der Waals surface area contributed by atoms with Crippen LogP contribution in [0.2, 0.25) is 5.02 Å². The maximum absolute atomic E-state index is 13.2. The maximum Gasteiger partial charge on any atom is 0.416 e. The van der Waals surface area contributed by atoms with Crippen LogP contribution >= 0.6 is 27.5 Å². The molecule has 1 N–H and O–H groups in total. The molecular weight excluding hydrogens is 441 g/mol. The molecule has 146 valence electrons. The fourth-order valence-electron chi connectivity index (χ4n) is 2.44. The monoisotopic (exact) mass is 460 g/mol. The van der Waals surface area contributed by atoms with Crippen LogP contribution in [0.5, 0.6) is 0 Å². The Hall–Kier alpha value is -1.34. The lowest BCUT2D eigenvalue weighted by atomic mass is 10.0. The molecule has 2 rings (SSSR count). The van der Waals surface area contributed by atoms with Gasteiger partial charge in [-0.15, -0.1) is 0 Å². The molecule has 0 saturated heterocycles. The van der Waals surface area contributed by atoms with Gasteiger partial charge in [0.2, 0.25) is 0 Å². The number of likely N-dealkylation sites (N-methyl/N-ethyl adjacent to an activating group) is 1. The number of hydrogen-bond donors (Lipinski definition) is 1. The van der Waals surface area contributed by atoms with Gasteiger partial charge in [-0.3, -0.25) is 0 Å². The molecule has 0 aliphatic heterocycles. The quantitative estimate of drug-likeness (QED) is 0.405. The zero-order chi connectivity index (χ0) is 20.0. The zero-order valence-electron chi connectivity index (χ0n) is 15.1. The number of rotatable bonds is 7. The average Bonchev–Trinajstić information content (AvgIpc) is 2.57. The number of hydrogen-bond acceptors (Lipinski definition) is 2. The predicted molar refractivity (Wildman–Crippen MR) is 110 cm³/mol. The maximum atomic E-state index is 13.2. The second kappa shape index (κ2) is 9.73. The highest BCUT2D eigenvalue weighted by atomic mass is 79.9. The van der Waals surface area contributed by atoms with Gasteiger partial charge in [0.1, 0.15) is 0 Å². The van der Waals surface area contributed by atoms with Crippen molar-refractivity contribution in [3.05, 3.63) is 68.1 Å². The van der Waals surface area contributed by atoms with Crippen molar-refractivity contribution in [2.24, 2.45) is 0 Å². The Morgan fingerprint density at radius 1 is 1.11 bits per heavy atom. The molecule has 0 unspecified atom stereocenters. The van der Waals surface area contributed by atoms with Crippen molar-refractivity contribution in [1.82, 2.24) is 10.2 Å². The summed E-state index contributed by atoms with van der Waals surface area (Å²) in [4.78, 5) is 2.01. The minimum absolute atomic E-state index is 0.378. The van der Waals surface area contributed by atoms with Gasteiger partial charge >= 0.3 is 6.18 Å². The van der Waals surface area contributed by atoms with E-state index in [0.29, 0.717) is 29.2 Å². The normalized spacial score (nSPS) is 12.3. The smallest absolute Gasteiger partial charge is 0.311 e. The van der Waals surface area contributed by atoms with E-state index in [4.69, 9.17) is 11.6 Å². The molecule has 0 aliphatic carbocycles. The van der Waals surface area contributed by atoms with E-state index >= 15 is 0 Å². The van der Waals surface area contributed by atoms with Crippen molar-refractivity contribution in [3.8, 4) is 0 Å². The minimum Gasteiger partial charge on any atom is -0.311 e. The van der Waals surface area contributed by atoms with Gasteiger partial charge in [0.15, 0.2) is 0 Å². The summed E-state index contributed by atoms with van der Waals surface area (Å²) in [6, 6.07) is 9.39. The molecule has 7 heteroatoms. The van der Waals surface area contributed by atoms with Crippen molar-refractivity contribution in [2.45, 2.75) is 12.7 Å². The molecule has 0 heterocycles. The second-order valence-corrected chi connectivity index (χ2v) is 7.73. The van der Waals surface area contributed by atoms with Crippen LogP contribution in [0, 0.1) is 0 Å². The Kier molecular flexibility index (Phi) is 7.91. The van der Waals surface area contributed by atoms with Crippen LogP contribution in [0.3, 0.4) is 0 Å². The molecule has 2 aromatic carbocycles. The second-order valence-electron chi connectivity index (χ2n) is 6.44. The van der Waals surface area contributed by atoms with Gasteiger partial charge in [0, 0.05) is 29.1 Å². The molecule has 0 spiro atoms. The van der Waals surface area contributed by atoms with E-state index in [2.05, 4.69) is 21.2 Å². The van der Waals surface area contributed by atoms with E-state index < -0.39 is 11.7 Å². The van der Waals surface area contributed by atoms with Crippen LogP contribution in [0.25, 0.3) is 12.2 Å². The first kappa shape index (κ1) is 22.0. The minimum atomic E-state index is -4.39. The third kappa shape index (κ3) is 7.30. The number of nitrogens with zero attached hydrogens (tertiary/aromatic N) is 1. The molecule has 2 nitrogen and oxygen atoms in total. The Labute approximate surface area is 171 Å². The van der Waals surface area contributed by atoms with Crippen LogP contribution in [0.1, 0.15) is 22.3 Å². The van der Waals surface area contributed by atoms with Crippen molar-refractivity contribution in [3.63, 3.8) is 0 Å². The summed E-state index contributed by atoms with van der Waals surface area (Å²) in [5.74, 6) is 0. The zero-order valence-corrected chi connectivity index (χ0v) is 17.4. The standard InChI is InChI=1S/C20H21BrClF3N2/c1-27(2)8-7-26-13-15-9-14(10-17(11-15)20(23,24)25)3-4-16-5-6-18(22)12-19(16)21/h3-6,9-12,26H,7-8,13H2,1-2H3/b4-3+. The molecular formula is C20H21BrClF3N2. The molecule has 0 atom stereocenters. The van der Waals surface area contributed by atoms with Crippen molar-refractivity contribution in [2.75, 3.05) is 27.2 Å². The molecule has 0 amide bonds. The van der Waals surface area contributed by atoms with Gasteiger partial charge in [-0.25, -0.2) is 0 Å². The Bertz CT molecular complexity index is 804. The molecule has 0 fully saturated rings. The number of alkyl halides is 3. The van der Waals surface area contributed by atoms with Gasteiger partial charge in [-0.2, -0.15) is 13.2 Å². The Morgan fingerprint density at radius 3 is 2.48 bits per heavy atom. The largest absolute Gasteiger partial charge is 0.416 e. The highest BCUT2D eigenvalue weighted by Gasteiger charge is 2.30. The average molecular weight is 462 g/mol. The summed E-state index contributed by atoms with van der Waals surface area (Å²) in [5.41, 5.74) is 1.28. The molecule has 0 aromatic heterocycles. The SMILES string of the molecule is CN(C)CCNCc1cc(/C=C/c2ccc(Cl)cc2Br)cc(C(F)(F)F)c1.